The van der Waals surface area contributed by atoms with Crippen LogP contribution in [-0.4, -0.2) is 128 Å². The second kappa shape index (κ2) is 21.4. The maximum atomic E-state index is 12.5. The van der Waals surface area contributed by atoms with Crippen molar-refractivity contribution in [2.24, 2.45) is 11.5 Å². The van der Waals surface area contributed by atoms with E-state index >= 15 is 0 Å². The molecule has 0 radical (unpaired) electrons. The zero-order valence-electron chi connectivity index (χ0n) is 35.6. The molecule has 4 heterocycles. The Kier molecular flexibility index (Phi) is 17.0. The van der Waals surface area contributed by atoms with E-state index in [0.717, 1.165) is 11.1 Å². The fraction of sp³-hybridized carbons (Fsp3) is 0.333. The van der Waals surface area contributed by atoms with Gasteiger partial charge in [0, 0.05) is 0 Å². The number of aromatic carboxylic acids is 2. The summed E-state index contributed by atoms with van der Waals surface area (Å²) < 4.78 is 21.9. The molecule has 22 heteroatoms. The van der Waals surface area contributed by atoms with Gasteiger partial charge in [0.15, 0.2) is 0 Å². The standard InChI is InChI=1S/2C21H24BN2O7.2Na/c2*23-16(10-13-4-2-1-3-5-13)20(25)24-11-15(12-24)30-17-7-6-14-8-9-22(28,29)31-19(14)18(17)21(26)27;;/h2*1-7,15-16,28-29H,8-12,23H2,(H,26,27);;/q2*-1;2*+1/t2*16-;;/m11../s1. The zero-order valence-corrected chi connectivity index (χ0v) is 39.6. The smallest absolute Gasteiger partial charge is 0.669 e. The van der Waals surface area contributed by atoms with E-state index in [4.69, 9.17) is 30.2 Å². The molecule has 4 aromatic rings. The minimum absolute atomic E-state index is 0. The first-order chi connectivity index (χ1) is 29.5. The Morgan fingerprint density at radius 2 is 0.938 bits per heavy atom. The van der Waals surface area contributed by atoms with Gasteiger partial charge in [-0.15, -0.1) is 0 Å². The molecule has 2 saturated heterocycles. The van der Waals surface area contributed by atoms with E-state index in [1.807, 2.05) is 60.7 Å². The van der Waals surface area contributed by atoms with E-state index in [9.17, 15) is 49.5 Å². The predicted octanol–water partition coefficient (Wildman–Crippen LogP) is -5.19. The second-order valence-electron chi connectivity index (χ2n) is 16.1. The number of amides is 2. The number of nitrogens with zero attached hydrogens (tertiary/aromatic N) is 2. The van der Waals surface area contributed by atoms with Crippen molar-refractivity contribution >= 4 is 37.3 Å². The molecular weight excluding hydrogens is 852 g/mol. The Morgan fingerprint density at radius 3 is 1.27 bits per heavy atom. The van der Waals surface area contributed by atoms with Crippen LogP contribution in [0.5, 0.6) is 23.0 Å². The summed E-state index contributed by atoms with van der Waals surface area (Å²) >= 11 is 0. The first-order valence-corrected chi connectivity index (χ1v) is 20.3. The monoisotopic (exact) mass is 900 g/mol. The third-order valence-electron chi connectivity index (χ3n) is 11.2. The van der Waals surface area contributed by atoms with Crippen LogP contribution in [0.2, 0.25) is 12.6 Å². The van der Waals surface area contributed by atoms with E-state index in [0.29, 0.717) is 24.0 Å². The fourth-order valence-electron chi connectivity index (χ4n) is 7.79. The van der Waals surface area contributed by atoms with Crippen molar-refractivity contribution in [1.82, 2.24) is 9.80 Å². The number of benzene rings is 4. The number of rotatable bonds is 12. The summed E-state index contributed by atoms with van der Waals surface area (Å²) in [5, 5.41) is 58.6. The first kappa shape index (κ1) is 50.8. The summed E-state index contributed by atoms with van der Waals surface area (Å²) in [4.78, 5) is 51.9. The van der Waals surface area contributed by atoms with E-state index in [1.165, 1.54) is 12.1 Å². The number of ether oxygens (including phenoxy) is 2. The average Bonchev–Trinajstić information content (AvgIpc) is 3.19. The Bertz CT molecular complexity index is 2160. The number of carboxylic acids is 2. The molecule has 18 nitrogen and oxygen atoms in total. The molecule has 4 aromatic carbocycles. The Morgan fingerprint density at radius 1 is 0.594 bits per heavy atom. The molecule has 0 spiro atoms. The number of aryl methyl sites for hydroxylation is 2. The van der Waals surface area contributed by atoms with Crippen LogP contribution in [0.1, 0.15) is 43.0 Å². The van der Waals surface area contributed by atoms with Gasteiger partial charge in [0.1, 0.15) is 34.8 Å². The van der Waals surface area contributed by atoms with Gasteiger partial charge in [-0.1, -0.05) is 85.4 Å². The second-order valence-corrected chi connectivity index (χ2v) is 16.1. The van der Waals surface area contributed by atoms with Crippen LogP contribution >= 0.6 is 0 Å². The molecular formula is C42H48B2N4Na2O14. The van der Waals surface area contributed by atoms with Gasteiger partial charge in [0.05, 0.1) is 49.8 Å². The van der Waals surface area contributed by atoms with Gasteiger partial charge in [-0.3, -0.25) is 9.59 Å². The number of carbonyl (C=O) groups excluding carboxylic acids is 2. The Labute approximate surface area is 413 Å². The van der Waals surface area contributed by atoms with Crippen molar-refractivity contribution in [1.29, 1.82) is 0 Å². The van der Waals surface area contributed by atoms with Gasteiger partial charge in [0.25, 0.3) is 0 Å². The van der Waals surface area contributed by atoms with Crippen LogP contribution in [0, 0.1) is 0 Å². The summed E-state index contributed by atoms with van der Waals surface area (Å²) in [7, 11) is 0. The van der Waals surface area contributed by atoms with Gasteiger partial charge >= 0.3 is 84.6 Å². The number of nitrogens with two attached hydrogens (primary N) is 2. The molecule has 8 rings (SSSR count). The number of fused-ring (bicyclic) bond motifs is 2. The van der Waals surface area contributed by atoms with Crippen molar-refractivity contribution in [3.63, 3.8) is 0 Å². The number of carboxylic acid groups (broad SMARTS) is 2. The van der Waals surface area contributed by atoms with Crippen molar-refractivity contribution in [3.05, 3.63) is 118 Å². The molecule has 2 amide bonds. The number of hydrogen-bond acceptors (Lipinski definition) is 14. The molecule has 64 heavy (non-hydrogen) atoms. The number of hydrogen-bond donors (Lipinski definition) is 8. The minimum Gasteiger partial charge on any atom is -0.669 e. The molecule has 0 bridgehead atoms. The molecule has 0 aliphatic carbocycles. The quantitative estimate of drug-likeness (QED) is 0.0617. The molecule has 328 valence electrons. The SMILES string of the molecule is N[C@H](Cc1ccccc1)C(=O)N1CC(Oc2ccc3c(c2C(=O)O)O[B-](O)(O)CC3)C1.N[C@H](Cc1ccccc1)C(=O)N1CC(Oc2ccc3c(c2C(=O)O)O[B-](O)(O)CC3)C1.[Na+].[Na+]. The topological polar surface area (TPSA) is 285 Å². The van der Waals surface area contributed by atoms with E-state index in [2.05, 4.69) is 0 Å². The molecule has 4 aliphatic heterocycles. The van der Waals surface area contributed by atoms with Crippen LogP contribution < -0.4 is 89.4 Å². The van der Waals surface area contributed by atoms with Gasteiger partial charge < -0.3 is 70.4 Å². The normalized spacial score (nSPS) is 17.8. The molecule has 10 N–H and O–H groups in total. The summed E-state index contributed by atoms with van der Waals surface area (Å²) in [5.41, 5.74) is 14.7. The first-order valence-electron chi connectivity index (χ1n) is 20.3. The van der Waals surface area contributed by atoms with E-state index in [1.54, 1.807) is 21.9 Å². The number of carbonyl (C=O) groups is 4. The molecule has 0 unspecified atom stereocenters. The number of likely N-dealkylation sites (tertiary alicyclic amines) is 2. The van der Waals surface area contributed by atoms with Gasteiger partial charge in [0.2, 0.25) is 11.8 Å². The molecule has 2 fully saturated rings. The predicted molar refractivity (Wildman–Crippen MR) is 224 cm³/mol. The third-order valence-corrected chi connectivity index (χ3v) is 11.2. The maximum absolute atomic E-state index is 12.5. The zero-order chi connectivity index (χ0) is 44.3. The van der Waals surface area contributed by atoms with Gasteiger partial charge in [-0.05, 0) is 60.1 Å². The minimum atomic E-state index is -3.10. The molecule has 0 aromatic heterocycles. The van der Waals surface area contributed by atoms with E-state index in [-0.39, 0.29) is 157 Å². The van der Waals surface area contributed by atoms with Gasteiger partial charge in [-0.2, -0.15) is 0 Å². The third kappa shape index (κ3) is 12.2. The van der Waals surface area contributed by atoms with Crippen molar-refractivity contribution in [3.8, 4) is 23.0 Å². The van der Waals surface area contributed by atoms with Crippen LogP contribution in [0.25, 0.3) is 0 Å². The van der Waals surface area contributed by atoms with Crippen LogP contribution in [-0.2, 0) is 35.3 Å². The van der Waals surface area contributed by atoms with Crippen molar-refractivity contribution in [2.45, 2.75) is 62.6 Å². The molecule has 0 saturated carbocycles. The van der Waals surface area contributed by atoms with Crippen molar-refractivity contribution < 1.29 is 127 Å². The fourth-order valence-corrected chi connectivity index (χ4v) is 7.79. The summed E-state index contributed by atoms with van der Waals surface area (Å²) in [6.45, 7) is -5.07. The Hall–Kier alpha value is -4.15. The van der Waals surface area contributed by atoms with Gasteiger partial charge in [-0.25, -0.2) is 9.59 Å². The summed E-state index contributed by atoms with van der Waals surface area (Å²) in [6.07, 6.45) is 0.626. The summed E-state index contributed by atoms with van der Waals surface area (Å²) in [6, 6.07) is 24.0. The average molecular weight is 900 g/mol. The largest absolute Gasteiger partial charge is 1.00 e. The maximum Gasteiger partial charge on any atom is 1.00 e. The van der Waals surface area contributed by atoms with Crippen LogP contribution in [0.4, 0.5) is 0 Å². The Balaban J connectivity index is 0.000000234. The van der Waals surface area contributed by atoms with Crippen LogP contribution in [0.15, 0.2) is 84.9 Å². The molecule has 2 atom stereocenters. The molecule has 4 aliphatic rings. The van der Waals surface area contributed by atoms with Crippen LogP contribution in [0.3, 0.4) is 0 Å². The van der Waals surface area contributed by atoms with Crippen molar-refractivity contribution in [2.75, 3.05) is 26.2 Å². The summed E-state index contributed by atoms with van der Waals surface area (Å²) in [5.74, 6) is -3.02. The van der Waals surface area contributed by atoms with E-state index < -0.39 is 49.7 Å².